The Morgan fingerprint density at radius 2 is 2.25 bits per heavy atom. The minimum Gasteiger partial charge on any atom is -0.381 e. The average Bonchev–Trinajstić information content (AvgIpc) is 2.20. The van der Waals surface area contributed by atoms with Gasteiger partial charge in [0.05, 0.1) is 0 Å². The lowest BCUT2D eigenvalue weighted by Crippen LogP contribution is -2.32. The second-order valence-electron chi connectivity index (χ2n) is 4.13. The summed E-state index contributed by atoms with van der Waals surface area (Å²) in [7, 11) is 0. The van der Waals surface area contributed by atoms with Crippen molar-refractivity contribution in [3.05, 3.63) is 29.0 Å². The van der Waals surface area contributed by atoms with Crippen molar-refractivity contribution in [2.45, 2.75) is 31.1 Å². The molecule has 1 nitrogen and oxygen atoms in total. The van der Waals surface area contributed by atoms with E-state index in [9.17, 15) is 4.39 Å². The number of benzene rings is 1. The van der Waals surface area contributed by atoms with Crippen molar-refractivity contribution in [1.82, 2.24) is 0 Å². The van der Waals surface area contributed by atoms with Crippen molar-refractivity contribution < 1.29 is 4.39 Å². The quantitative estimate of drug-likeness (QED) is 0.855. The number of nitrogens with one attached hydrogen (secondary N) is 1. The SMILES string of the molecule is CC1SCCCC1Nc1cc(F)cc(Cl)c1. The van der Waals surface area contributed by atoms with Gasteiger partial charge in [0.2, 0.25) is 0 Å². The van der Waals surface area contributed by atoms with E-state index in [1.807, 2.05) is 11.8 Å². The third-order valence-electron chi connectivity index (χ3n) is 2.82. The Morgan fingerprint density at radius 1 is 1.44 bits per heavy atom. The summed E-state index contributed by atoms with van der Waals surface area (Å²) in [6.07, 6.45) is 2.36. The molecule has 2 rings (SSSR count). The van der Waals surface area contributed by atoms with E-state index in [2.05, 4.69) is 12.2 Å². The van der Waals surface area contributed by atoms with Gasteiger partial charge in [-0.1, -0.05) is 18.5 Å². The highest BCUT2D eigenvalue weighted by Gasteiger charge is 2.21. The molecule has 0 aliphatic carbocycles. The molecule has 1 N–H and O–H groups in total. The normalized spacial score (nSPS) is 25.4. The molecule has 1 aromatic carbocycles. The van der Waals surface area contributed by atoms with Crippen molar-refractivity contribution in [3.63, 3.8) is 0 Å². The summed E-state index contributed by atoms with van der Waals surface area (Å²) in [6, 6.07) is 5.01. The van der Waals surface area contributed by atoms with Gasteiger partial charge >= 0.3 is 0 Å². The zero-order valence-corrected chi connectivity index (χ0v) is 10.7. The summed E-state index contributed by atoms with van der Waals surface area (Å²) in [5.41, 5.74) is 0.782. The van der Waals surface area contributed by atoms with Crippen LogP contribution in [0.3, 0.4) is 0 Å². The Kier molecular flexibility index (Phi) is 3.98. The van der Waals surface area contributed by atoms with Gasteiger partial charge in [0.15, 0.2) is 0 Å². The van der Waals surface area contributed by atoms with E-state index in [4.69, 9.17) is 11.6 Å². The lowest BCUT2D eigenvalue weighted by molar-refractivity contribution is 0.611. The molecular formula is C12H15ClFNS. The van der Waals surface area contributed by atoms with E-state index in [-0.39, 0.29) is 5.82 Å². The van der Waals surface area contributed by atoms with Crippen molar-refractivity contribution in [2.24, 2.45) is 0 Å². The minimum atomic E-state index is -0.286. The summed E-state index contributed by atoms with van der Waals surface area (Å²) in [5, 5.41) is 4.38. The van der Waals surface area contributed by atoms with Gasteiger partial charge < -0.3 is 5.32 Å². The smallest absolute Gasteiger partial charge is 0.126 e. The third kappa shape index (κ3) is 3.05. The van der Waals surface area contributed by atoms with Gasteiger partial charge in [-0.2, -0.15) is 11.8 Å². The summed E-state index contributed by atoms with van der Waals surface area (Å²) in [6.45, 7) is 2.21. The van der Waals surface area contributed by atoms with Crippen LogP contribution in [0, 0.1) is 5.82 Å². The van der Waals surface area contributed by atoms with Gasteiger partial charge in [-0.25, -0.2) is 4.39 Å². The van der Waals surface area contributed by atoms with Crippen LogP contribution in [0.2, 0.25) is 5.02 Å². The number of rotatable bonds is 2. The molecule has 0 bridgehead atoms. The van der Waals surface area contributed by atoms with Gasteiger partial charge in [-0.3, -0.25) is 0 Å². The predicted octanol–water partition coefficient (Wildman–Crippen LogP) is 4.18. The van der Waals surface area contributed by atoms with Gasteiger partial charge in [0, 0.05) is 22.0 Å². The second kappa shape index (κ2) is 5.28. The highest BCUT2D eigenvalue weighted by molar-refractivity contribution is 8.00. The van der Waals surface area contributed by atoms with Gasteiger partial charge in [-0.15, -0.1) is 0 Å². The molecule has 2 unspecified atom stereocenters. The molecule has 1 fully saturated rings. The lowest BCUT2D eigenvalue weighted by atomic mass is 10.1. The highest BCUT2D eigenvalue weighted by Crippen LogP contribution is 2.28. The monoisotopic (exact) mass is 259 g/mol. The molecule has 0 spiro atoms. The van der Waals surface area contributed by atoms with Crippen LogP contribution in [0.5, 0.6) is 0 Å². The summed E-state index contributed by atoms with van der Waals surface area (Å²) in [4.78, 5) is 0. The first kappa shape index (κ1) is 12.1. The van der Waals surface area contributed by atoms with Crippen LogP contribution in [0.1, 0.15) is 19.8 Å². The molecule has 2 atom stereocenters. The minimum absolute atomic E-state index is 0.286. The highest BCUT2D eigenvalue weighted by atomic mass is 35.5. The topological polar surface area (TPSA) is 12.0 Å². The fraction of sp³-hybridized carbons (Fsp3) is 0.500. The van der Waals surface area contributed by atoms with Gasteiger partial charge in [-0.05, 0) is 36.8 Å². The number of anilines is 1. The molecule has 4 heteroatoms. The van der Waals surface area contributed by atoms with Crippen LogP contribution in [0.4, 0.5) is 10.1 Å². The molecule has 0 saturated carbocycles. The zero-order valence-electron chi connectivity index (χ0n) is 9.17. The number of hydrogen-bond acceptors (Lipinski definition) is 2. The zero-order chi connectivity index (χ0) is 11.5. The van der Waals surface area contributed by atoms with Crippen molar-refractivity contribution in [1.29, 1.82) is 0 Å². The van der Waals surface area contributed by atoms with Gasteiger partial charge in [0.25, 0.3) is 0 Å². The Labute approximate surface area is 105 Å². The average molecular weight is 260 g/mol. The molecule has 16 heavy (non-hydrogen) atoms. The maximum absolute atomic E-state index is 13.1. The Morgan fingerprint density at radius 3 is 2.94 bits per heavy atom. The summed E-state index contributed by atoms with van der Waals surface area (Å²) in [5.74, 6) is 0.939. The standard InChI is InChI=1S/C12H15ClFNS/c1-8-12(3-2-4-16-8)15-11-6-9(13)5-10(14)7-11/h5-8,12,15H,2-4H2,1H3. The van der Waals surface area contributed by atoms with E-state index < -0.39 is 0 Å². The maximum atomic E-state index is 13.1. The third-order valence-corrected chi connectivity index (χ3v) is 4.42. The molecule has 0 aromatic heterocycles. The Bertz CT molecular complexity index is 352. The Balaban J connectivity index is 2.07. The van der Waals surface area contributed by atoms with Gasteiger partial charge in [0.1, 0.15) is 5.82 Å². The van der Waals surface area contributed by atoms with E-state index in [0.717, 1.165) is 12.1 Å². The number of hydrogen-bond donors (Lipinski definition) is 1. The molecule has 1 aromatic rings. The van der Waals surface area contributed by atoms with E-state index in [0.29, 0.717) is 16.3 Å². The van der Waals surface area contributed by atoms with Crippen LogP contribution >= 0.6 is 23.4 Å². The van der Waals surface area contributed by atoms with E-state index in [1.54, 1.807) is 6.07 Å². The van der Waals surface area contributed by atoms with Crippen molar-refractivity contribution >= 4 is 29.1 Å². The first-order chi connectivity index (χ1) is 7.65. The van der Waals surface area contributed by atoms with Crippen LogP contribution in [0.25, 0.3) is 0 Å². The summed E-state index contributed by atoms with van der Waals surface area (Å²) < 4.78 is 13.1. The number of thioether (sulfide) groups is 1. The molecular weight excluding hydrogens is 245 g/mol. The molecule has 0 amide bonds. The molecule has 0 radical (unpaired) electrons. The molecule has 88 valence electrons. The molecule has 1 aliphatic heterocycles. The fourth-order valence-corrected chi connectivity index (χ4v) is 3.33. The van der Waals surface area contributed by atoms with Crippen LogP contribution in [-0.4, -0.2) is 17.0 Å². The van der Waals surface area contributed by atoms with E-state index in [1.165, 1.54) is 24.3 Å². The fourth-order valence-electron chi connectivity index (χ4n) is 1.96. The number of halogens is 2. The molecule has 1 aliphatic rings. The summed E-state index contributed by atoms with van der Waals surface area (Å²) >= 11 is 7.78. The van der Waals surface area contributed by atoms with Crippen molar-refractivity contribution in [3.8, 4) is 0 Å². The first-order valence-electron chi connectivity index (χ1n) is 5.49. The Hall–Kier alpha value is -0.410. The molecule has 1 saturated heterocycles. The maximum Gasteiger partial charge on any atom is 0.126 e. The predicted molar refractivity (Wildman–Crippen MR) is 70.0 cm³/mol. The largest absolute Gasteiger partial charge is 0.381 e. The van der Waals surface area contributed by atoms with Crippen LogP contribution < -0.4 is 5.32 Å². The second-order valence-corrected chi connectivity index (χ2v) is 6.05. The van der Waals surface area contributed by atoms with Crippen LogP contribution in [-0.2, 0) is 0 Å². The first-order valence-corrected chi connectivity index (χ1v) is 6.92. The van der Waals surface area contributed by atoms with Crippen LogP contribution in [0.15, 0.2) is 18.2 Å². The molecule has 1 heterocycles. The lowest BCUT2D eigenvalue weighted by Gasteiger charge is -2.30. The van der Waals surface area contributed by atoms with E-state index >= 15 is 0 Å². The van der Waals surface area contributed by atoms with Crippen molar-refractivity contribution in [2.75, 3.05) is 11.1 Å².